The molecule has 3 nitrogen and oxygen atoms in total. The van der Waals surface area contributed by atoms with Gasteiger partial charge in [0.15, 0.2) is 0 Å². The van der Waals surface area contributed by atoms with Crippen LogP contribution < -0.4 is 0 Å². The van der Waals surface area contributed by atoms with E-state index in [1.807, 2.05) is 0 Å². The van der Waals surface area contributed by atoms with Gasteiger partial charge in [0.1, 0.15) is 5.78 Å². The molecule has 2 N–H and O–H groups in total. The molecule has 13 heavy (non-hydrogen) atoms. The Labute approximate surface area is 79.8 Å². The number of hydrogen-bond donors (Lipinski definition) is 2. The molecule has 0 heterocycles. The van der Waals surface area contributed by atoms with Crippen LogP contribution >= 0.6 is 0 Å². The highest BCUT2D eigenvalue weighted by Gasteiger charge is 2.29. The summed E-state index contributed by atoms with van der Waals surface area (Å²) in [7, 11) is 0. The average molecular weight is 188 g/mol. The van der Waals surface area contributed by atoms with E-state index in [0.29, 0.717) is 6.42 Å². The lowest BCUT2D eigenvalue weighted by molar-refractivity contribution is -0.122. The van der Waals surface area contributed by atoms with Gasteiger partial charge >= 0.3 is 0 Å². The van der Waals surface area contributed by atoms with E-state index in [0.717, 1.165) is 0 Å². The quantitative estimate of drug-likeness (QED) is 0.676. The van der Waals surface area contributed by atoms with Gasteiger partial charge in [-0.25, -0.2) is 0 Å². The normalized spacial score (nSPS) is 16.8. The minimum atomic E-state index is -0.628. The SMILES string of the molecule is CC(=O)C(C)CC(O)C(C)(C)CO. The summed E-state index contributed by atoms with van der Waals surface area (Å²) in [4.78, 5) is 10.9. The van der Waals surface area contributed by atoms with Gasteiger partial charge < -0.3 is 10.2 Å². The summed E-state index contributed by atoms with van der Waals surface area (Å²) in [5.74, 6) is -0.0615. The Kier molecular flexibility index (Phi) is 4.57. The molecule has 0 radical (unpaired) electrons. The summed E-state index contributed by atoms with van der Waals surface area (Å²) in [5, 5.41) is 18.7. The Morgan fingerprint density at radius 1 is 1.46 bits per heavy atom. The van der Waals surface area contributed by atoms with E-state index in [1.54, 1.807) is 20.8 Å². The molecule has 0 amide bonds. The number of aliphatic hydroxyl groups excluding tert-OH is 2. The van der Waals surface area contributed by atoms with Crippen LogP contribution in [0, 0.1) is 11.3 Å². The Morgan fingerprint density at radius 3 is 2.23 bits per heavy atom. The van der Waals surface area contributed by atoms with Crippen molar-refractivity contribution in [1.82, 2.24) is 0 Å². The Balaban J connectivity index is 4.14. The molecule has 78 valence electrons. The minimum absolute atomic E-state index is 0.0706. The summed E-state index contributed by atoms with van der Waals surface area (Å²) in [6.07, 6.45) is -0.209. The highest BCUT2D eigenvalue weighted by molar-refractivity contribution is 5.77. The van der Waals surface area contributed by atoms with Gasteiger partial charge in [-0.1, -0.05) is 20.8 Å². The molecule has 2 atom stereocenters. The van der Waals surface area contributed by atoms with Crippen molar-refractivity contribution in [2.45, 2.75) is 40.2 Å². The van der Waals surface area contributed by atoms with Gasteiger partial charge in [-0.2, -0.15) is 0 Å². The first-order valence-corrected chi connectivity index (χ1v) is 4.60. The number of ketones is 1. The van der Waals surface area contributed by atoms with E-state index >= 15 is 0 Å². The second-order valence-electron chi connectivity index (χ2n) is 4.41. The molecular formula is C10H20O3. The van der Waals surface area contributed by atoms with Crippen molar-refractivity contribution in [3.8, 4) is 0 Å². The van der Waals surface area contributed by atoms with Gasteiger partial charge in [0.2, 0.25) is 0 Å². The number of aliphatic hydroxyl groups is 2. The molecular weight excluding hydrogens is 168 g/mol. The number of rotatable bonds is 5. The van der Waals surface area contributed by atoms with Crippen molar-refractivity contribution in [1.29, 1.82) is 0 Å². The van der Waals surface area contributed by atoms with E-state index in [9.17, 15) is 9.90 Å². The van der Waals surface area contributed by atoms with Crippen LogP contribution in [0.3, 0.4) is 0 Å². The maximum Gasteiger partial charge on any atom is 0.132 e. The van der Waals surface area contributed by atoms with Crippen molar-refractivity contribution in [3.05, 3.63) is 0 Å². The van der Waals surface area contributed by atoms with E-state index in [2.05, 4.69) is 0 Å². The summed E-state index contributed by atoms with van der Waals surface area (Å²) in [5.41, 5.74) is -0.524. The molecule has 0 saturated heterocycles. The lowest BCUT2D eigenvalue weighted by atomic mass is 9.82. The van der Waals surface area contributed by atoms with Gasteiger partial charge in [-0.15, -0.1) is 0 Å². The van der Waals surface area contributed by atoms with E-state index in [-0.39, 0.29) is 18.3 Å². The molecule has 0 saturated carbocycles. The maximum atomic E-state index is 10.9. The molecule has 0 aliphatic rings. The third-order valence-corrected chi connectivity index (χ3v) is 2.58. The second kappa shape index (κ2) is 4.72. The van der Waals surface area contributed by atoms with Gasteiger partial charge in [-0.3, -0.25) is 4.79 Å². The fraction of sp³-hybridized carbons (Fsp3) is 0.900. The zero-order valence-electron chi connectivity index (χ0n) is 8.87. The van der Waals surface area contributed by atoms with Crippen LogP contribution in [-0.2, 0) is 4.79 Å². The van der Waals surface area contributed by atoms with Crippen molar-refractivity contribution in [3.63, 3.8) is 0 Å². The molecule has 0 aliphatic heterocycles. The van der Waals surface area contributed by atoms with Crippen LogP contribution in [0.2, 0.25) is 0 Å². The van der Waals surface area contributed by atoms with Crippen LogP contribution in [0.1, 0.15) is 34.1 Å². The van der Waals surface area contributed by atoms with Crippen LogP contribution in [0.5, 0.6) is 0 Å². The fourth-order valence-corrected chi connectivity index (χ4v) is 0.925. The molecule has 0 rings (SSSR count). The highest BCUT2D eigenvalue weighted by atomic mass is 16.3. The first kappa shape index (κ1) is 12.6. The molecule has 3 heteroatoms. The molecule has 0 aromatic rings. The smallest absolute Gasteiger partial charge is 0.132 e. The first-order valence-electron chi connectivity index (χ1n) is 4.60. The fourth-order valence-electron chi connectivity index (χ4n) is 0.925. The third kappa shape index (κ3) is 3.87. The largest absolute Gasteiger partial charge is 0.396 e. The van der Waals surface area contributed by atoms with Crippen molar-refractivity contribution < 1.29 is 15.0 Å². The Morgan fingerprint density at radius 2 is 1.92 bits per heavy atom. The monoisotopic (exact) mass is 188 g/mol. The number of carbonyl (C=O) groups is 1. The van der Waals surface area contributed by atoms with Crippen molar-refractivity contribution >= 4 is 5.78 Å². The summed E-state index contributed by atoms with van der Waals surface area (Å²) < 4.78 is 0. The zero-order chi connectivity index (χ0) is 10.6. The molecule has 0 aromatic heterocycles. The predicted octanol–water partition coefficient (Wildman–Crippen LogP) is 0.981. The van der Waals surface area contributed by atoms with Gasteiger partial charge in [-0.05, 0) is 13.3 Å². The first-order chi connectivity index (χ1) is 5.81. The summed E-state index contributed by atoms with van der Waals surface area (Å²) >= 11 is 0. The number of Topliss-reactive ketones (excluding diaryl/α,β-unsaturated/α-hetero) is 1. The number of hydrogen-bond acceptors (Lipinski definition) is 3. The lowest BCUT2D eigenvalue weighted by Gasteiger charge is -2.29. The van der Waals surface area contributed by atoms with Gasteiger partial charge in [0.25, 0.3) is 0 Å². The Bertz CT molecular complexity index is 175. The molecule has 0 fully saturated rings. The summed E-state index contributed by atoms with van der Waals surface area (Å²) in [6.45, 7) is 6.80. The Hall–Kier alpha value is -0.410. The average Bonchev–Trinajstić information content (AvgIpc) is 2.04. The van der Waals surface area contributed by atoms with Crippen LogP contribution in [0.25, 0.3) is 0 Å². The molecule has 2 unspecified atom stereocenters. The van der Waals surface area contributed by atoms with Crippen LogP contribution in [0.15, 0.2) is 0 Å². The summed E-state index contributed by atoms with van der Waals surface area (Å²) in [6, 6.07) is 0. The van der Waals surface area contributed by atoms with Crippen molar-refractivity contribution in [2.24, 2.45) is 11.3 Å². The molecule has 0 aliphatic carbocycles. The van der Waals surface area contributed by atoms with Crippen molar-refractivity contribution in [2.75, 3.05) is 6.61 Å². The molecule has 0 spiro atoms. The van der Waals surface area contributed by atoms with Crippen LogP contribution in [-0.4, -0.2) is 28.7 Å². The highest BCUT2D eigenvalue weighted by Crippen LogP contribution is 2.24. The van der Waals surface area contributed by atoms with E-state index < -0.39 is 11.5 Å². The van der Waals surface area contributed by atoms with E-state index in [1.165, 1.54) is 6.92 Å². The predicted molar refractivity (Wildman–Crippen MR) is 51.3 cm³/mol. The molecule has 0 bridgehead atoms. The number of carbonyl (C=O) groups excluding carboxylic acids is 1. The molecule has 0 aromatic carbocycles. The second-order valence-corrected chi connectivity index (χ2v) is 4.41. The van der Waals surface area contributed by atoms with Crippen LogP contribution in [0.4, 0.5) is 0 Å². The van der Waals surface area contributed by atoms with Gasteiger partial charge in [0, 0.05) is 11.3 Å². The minimum Gasteiger partial charge on any atom is -0.396 e. The van der Waals surface area contributed by atoms with E-state index in [4.69, 9.17) is 5.11 Å². The topological polar surface area (TPSA) is 57.5 Å². The zero-order valence-corrected chi connectivity index (χ0v) is 8.87. The van der Waals surface area contributed by atoms with Gasteiger partial charge in [0.05, 0.1) is 12.7 Å². The maximum absolute atomic E-state index is 10.9. The third-order valence-electron chi connectivity index (χ3n) is 2.58. The standard InChI is InChI=1S/C10H20O3/c1-7(8(2)12)5-9(13)10(3,4)6-11/h7,9,11,13H,5-6H2,1-4H3. The lowest BCUT2D eigenvalue weighted by Crippen LogP contribution is -2.35.